The number of methoxy groups -OCH3 is 1. The lowest BCUT2D eigenvalue weighted by atomic mass is 10.2. The monoisotopic (exact) mass is 373 g/mol. The van der Waals surface area contributed by atoms with Gasteiger partial charge >= 0.3 is 0 Å². The Morgan fingerprint density at radius 1 is 1.07 bits per heavy atom. The predicted molar refractivity (Wildman–Crippen MR) is 106 cm³/mol. The Morgan fingerprint density at radius 2 is 1.89 bits per heavy atom. The van der Waals surface area contributed by atoms with Crippen LogP contribution in [0.1, 0.15) is 24.5 Å². The van der Waals surface area contributed by atoms with Crippen LogP contribution in [0, 0.1) is 5.82 Å². The Bertz CT molecular complexity index is 705. The summed E-state index contributed by atoms with van der Waals surface area (Å²) < 4.78 is 23.9. The molecule has 0 bridgehead atoms. The fourth-order valence-corrected chi connectivity index (χ4v) is 2.42. The van der Waals surface area contributed by atoms with E-state index in [1.54, 1.807) is 13.2 Å². The molecule has 0 aliphatic carbocycles. The highest BCUT2D eigenvalue weighted by atomic mass is 19.1. The van der Waals surface area contributed by atoms with Crippen molar-refractivity contribution in [3.63, 3.8) is 0 Å². The van der Waals surface area contributed by atoms with Crippen LogP contribution in [0.4, 0.5) is 4.39 Å². The van der Waals surface area contributed by atoms with Crippen LogP contribution in [0.15, 0.2) is 53.5 Å². The first-order valence-electron chi connectivity index (χ1n) is 9.18. The van der Waals surface area contributed by atoms with Crippen LogP contribution in [0.3, 0.4) is 0 Å². The fraction of sp³-hybridized carbons (Fsp3) is 0.381. The maximum absolute atomic E-state index is 13.2. The second-order valence-electron chi connectivity index (χ2n) is 6.03. The minimum absolute atomic E-state index is 0.253. The minimum Gasteiger partial charge on any atom is -0.489 e. The third-order valence-corrected chi connectivity index (χ3v) is 3.80. The van der Waals surface area contributed by atoms with Gasteiger partial charge in [-0.3, -0.25) is 0 Å². The molecule has 5 nitrogen and oxygen atoms in total. The van der Waals surface area contributed by atoms with Crippen LogP contribution in [-0.2, 0) is 17.9 Å². The number of benzene rings is 2. The highest BCUT2D eigenvalue weighted by molar-refractivity contribution is 5.79. The first-order valence-corrected chi connectivity index (χ1v) is 9.18. The number of rotatable bonds is 10. The third-order valence-electron chi connectivity index (χ3n) is 3.80. The highest BCUT2D eigenvalue weighted by Crippen LogP contribution is 2.15. The zero-order valence-corrected chi connectivity index (χ0v) is 16.0. The Balaban J connectivity index is 1.83. The van der Waals surface area contributed by atoms with Crippen molar-refractivity contribution < 1.29 is 13.9 Å². The van der Waals surface area contributed by atoms with E-state index in [1.165, 1.54) is 12.1 Å². The second kappa shape index (κ2) is 11.9. The van der Waals surface area contributed by atoms with E-state index in [0.29, 0.717) is 13.2 Å². The largest absolute Gasteiger partial charge is 0.489 e. The van der Waals surface area contributed by atoms with Crippen molar-refractivity contribution in [2.45, 2.75) is 26.5 Å². The van der Waals surface area contributed by atoms with Gasteiger partial charge in [-0.1, -0.05) is 24.3 Å². The van der Waals surface area contributed by atoms with Gasteiger partial charge in [-0.05, 0) is 48.7 Å². The minimum atomic E-state index is -0.253. The van der Waals surface area contributed by atoms with Gasteiger partial charge in [-0.2, -0.15) is 0 Å². The average Bonchev–Trinajstić information content (AvgIpc) is 2.68. The summed E-state index contributed by atoms with van der Waals surface area (Å²) in [4.78, 5) is 4.59. The molecule has 0 heterocycles. The summed E-state index contributed by atoms with van der Waals surface area (Å²) in [6.45, 7) is 5.30. The average molecular weight is 373 g/mol. The first kappa shape index (κ1) is 20.7. The van der Waals surface area contributed by atoms with Gasteiger partial charge in [0.15, 0.2) is 5.96 Å². The van der Waals surface area contributed by atoms with Crippen LogP contribution in [-0.4, -0.2) is 32.8 Å². The molecule has 0 unspecified atom stereocenters. The summed E-state index contributed by atoms with van der Waals surface area (Å²) in [6, 6.07) is 14.2. The summed E-state index contributed by atoms with van der Waals surface area (Å²) in [7, 11) is 1.70. The van der Waals surface area contributed by atoms with Gasteiger partial charge < -0.3 is 20.1 Å². The molecule has 2 N–H and O–H groups in total. The van der Waals surface area contributed by atoms with Crippen molar-refractivity contribution >= 4 is 5.96 Å². The third kappa shape index (κ3) is 8.09. The Labute approximate surface area is 160 Å². The molecule has 2 rings (SSSR count). The molecule has 0 atom stereocenters. The molecule has 0 spiro atoms. The van der Waals surface area contributed by atoms with Gasteiger partial charge in [0.2, 0.25) is 0 Å². The maximum atomic E-state index is 13.2. The molecule has 0 radical (unpaired) electrons. The van der Waals surface area contributed by atoms with E-state index in [0.717, 1.165) is 49.0 Å². The first-order chi connectivity index (χ1) is 13.2. The van der Waals surface area contributed by atoms with Gasteiger partial charge in [-0.25, -0.2) is 9.38 Å². The van der Waals surface area contributed by atoms with Gasteiger partial charge in [-0.15, -0.1) is 0 Å². The van der Waals surface area contributed by atoms with Crippen molar-refractivity contribution in [3.05, 3.63) is 65.5 Å². The molecule has 0 amide bonds. The summed E-state index contributed by atoms with van der Waals surface area (Å²) >= 11 is 0. The molecular formula is C21H28FN3O2. The molecule has 0 saturated carbocycles. The van der Waals surface area contributed by atoms with Crippen molar-refractivity contribution in [3.8, 4) is 5.75 Å². The molecule has 0 aliphatic heterocycles. The lowest BCUT2D eigenvalue weighted by molar-refractivity contribution is 0.195. The van der Waals surface area contributed by atoms with Crippen LogP contribution in [0.25, 0.3) is 0 Å². The quantitative estimate of drug-likeness (QED) is 0.380. The number of nitrogens with zero attached hydrogens (tertiary/aromatic N) is 1. The van der Waals surface area contributed by atoms with E-state index in [9.17, 15) is 4.39 Å². The molecule has 6 heteroatoms. The zero-order valence-electron chi connectivity index (χ0n) is 16.0. The predicted octanol–water partition coefficient (Wildman–Crippen LogP) is 3.50. The van der Waals surface area contributed by atoms with Crippen LogP contribution >= 0.6 is 0 Å². The smallest absolute Gasteiger partial charge is 0.191 e. The molecule has 2 aromatic carbocycles. The second-order valence-corrected chi connectivity index (χ2v) is 6.03. The van der Waals surface area contributed by atoms with Crippen molar-refractivity contribution in [2.75, 3.05) is 26.8 Å². The molecule has 0 fully saturated rings. The van der Waals surface area contributed by atoms with Gasteiger partial charge in [0.25, 0.3) is 0 Å². The lowest BCUT2D eigenvalue weighted by Gasteiger charge is -2.11. The van der Waals surface area contributed by atoms with E-state index >= 15 is 0 Å². The topological polar surface area (TPSA) is 54.9 Å². The van der Waals surface area contributed by atoms with Crippen LogP contribution in [0.5, 0.6) is 5.75 Å². The molecule has 27 heavy (non-hydrogen) atoms. The van der Waals surface area contributed by atoms with Crippen LogP contribution in [0.2, 0.25) is 0 Å². The molecular weight excluding hydrogens is 345 g/mol. The molecule has 0 aromatic heterocycles. The summed E-state index contributed by atoms with van der Waals surface area (Å²) in [5, 5.41) is 6.51. The molecule has 2 aromatic rings. The Morgan fingerprint density at radius 3 is 2.59 bits per heavy atom. The number of halogens is 1. The zero-order chi connectivity index (χ0) is 19.3. The number of nitrogens with one attached hydrogen (secondary N) is 2. The van der Waals surface area contributed by atoms with E-state index in [4.69, 9.17) is 9.47 Å². The number of aliphatic imine (C=N–C) groups is 1. The summed E-state index contributed by atoms with van der Waals surface area (Å²) in [6.07, 6.45) is 0.929. The summed E-state index contributed by atoms with van der Waals surface area (Å²) in [5.41, 5.74) is 1.89. The van der Waals surface area contributed by atoms with E-state index in [-0.39, 0.29) is 5.82 Å². The molecule has 0 aliphatic rings. The van der Waals surface area contributed by atoms with Crippen molar-refractivity contribution in [1.82, 2.24) is 10.6 Å². The Hall–Kier alpha value is -2.60. The van der Waals surface area contributed by atoms with Crippen LogP contribution < -0.4 is 15.4 Å². The van der Waals surface area contributed by atoms with E-state index in [1.807, 2.05) is 37.3 Å². The van der Waals surface area contributed by atoms with Gasteiger partial charge in [0.1, 0.15) is 18.2 Å². The maximum Gasteiger partial charge on any atom is 0.191 e. The number of guanidine groups is 1. The van der Waals surface area contributed by atoms with Gasteiger partial charge in [0, 0.05) is 26.8 Å². The summed E-state index contributed by atoms with van der Waals surface area (Å²) in [5.74, 6) is 1.29. The number of hydrogen-bond donors (Lipinski definition) is 2. The Kier molecular flexibility index (Phi) is 9.13. The lowest BCUT2D eigenvalue weighted by Crippen LogP contribution is -2.38. The highest BCUT2D eigenvalue weighted by Gasteiger charge is 2.00. The number of ether oxygens (including phenoxy) is 2. The molecule has 146 valence electrons. The number of hydrogen-bond acceptors (Lipinski definition) is 3. The van der Waals surface area contributed by atoms with Crippen molar-refractivity contribution in [2.24, 2.45) is 4.99 Å². The standard InChI is InChI=1S/C21H28FN3O2/c1-3-23-21(24-12-5-13-26-2)25-15-17-8-10-20(11-9-17)27-16-18-6-4-7-19(22)14-18/h4,6-11,14H,3,5,12-13,15-16H2,1-2H3,(H2,23,24,25). The van der Waals surface area contributed by atoms with Gasteiger partial charge in [0.05, 0.1) is 6.54 Å². The molecule has 0 saturated heterocycles. The fourth-order valence-electron chi connectivity index (χ4n) is 2.42. The van der Waals surface area contributed by atoms with E-state index < -0.39 is 0 Å². The van der Waals surface area contributed by atoms with E-state index in [2.05, 4.69) is 15.6 Å². The van der Waals surface area contributed by atoms with Crippen molar-refractivity contribution in [1.29, 1.82) is 0 Å². The normalized spacial score (nSPS) is 11.3. The SMILES string of the molecule is CCNC(=NCc1ccc(OCc2cccc(F)c2)cc1)NCCCOC.